The van der Waals surface area contributed by atoms with E-state index in [1.807, 2.05) is 36.4 Å². The largest absolute Gasteiger partial charge is 0.497 e. The van der Waals surface area contributed by atoms with Gasteiger partial charge in [-0.1, -0.05) is 18.2 Å². The van der Waals surface area contributed by atoms with E-state index in [1.54, 1.807) is 7.11 Å². The molecule has 0 aliphatic rings. The number of benzene rings is 2. The highest BCUT2D eigenvalue weighted by molar-refractivity contribution is 5.84. The first-order chi connectivity index (χ1) is 8.65. The van der Waals surface area contributed by atoms with Gasteiger partial charge in [-0.2, -0.15) is 0 Å². The van der Waals surface area contributed by atoms with Gasteiger partial charge in [-0.05, 0) is 34.5 Å². The van der Waals surface area contributed by atoms with Gasteiger partial charge in [0.2, 0.25) is 0 Å². The quantitative estimate of drug-likeness (QED) is 0.756. The summed E-state index contributed by atoms with van der Waals surface area (Å²) in [6.07, 6.45) is 0. The summed E-state index contributed by atoms with van der Waals surface area (Å²) in [5.41, 5.74) is 12.7. The molecule has 2 rings (SSSR count). The highest BCUT2D eigenvalue weighted by Gasteiger charge is 2.14. The number of nitrogens with two attached hydrogens (primary N) is 2. The van der Waals surface area contributed by atoms with Gasteiger partial charge in [0, 0.05) is 12.1 Å². The zero-order valence-electron chi connectivity index (χ0n) is 10.3. The Kier molecular flexibility index (Phi) is 3.81. The minimum atomic E-state index is -0.444. The fourth-order valence-corrected chi connectivity index (χ4v) is 1.94. The second-order valence-corrected chi connectivity index (χ2v) is 4.34. The predicted molar refractivity (Wildman–Crippen MR) is 72.5 cm³/mol. The molecule has 0 amide bonds. The molecule has 0 saturated heterocycles. The van der Waals surface area contributed by atoms with Gasteiger partial charge in [-0.3, -0.25) is 0 Å². The molecule has 2 aromatic rings. The molecule has 5 N–H and O–H groups in total. The Morgan fingerprint density at radius 3 is 2.44 bits per heavy atom. The Labute approximate surface area is 106 Å². The number of rotatable bonds is 4. The van der Waals surface area contributed by atoms with Crippen molar-refractivity contribution in [3.05, 3.63) is 42.0 Å². The molecule has 0 aromatic heterocycles. The number of hydrogen-bond donors (Lipinski definition) is 3. The van der Waals surface area contributed by atoms with E-state index < -0.39 is 6.04 Å². The second kappa shape index (κ2) is 5.35. The van der Waals surface area contributed by atoms with Crippen molar-refractivity contribution in [2.45, 2.75) is 12.1 Å². The number of hydrogen-bond acceptors (Lipinski definition) is 4. The zero-order chi connectivity index (χ0) is 13.1. The van der Waals surface area contributed by atoms with Gasteiger partial charge in [0.15, 0.2) is 0 Å². The molecule has 2 atom stereocenters. The summed E-state index contributed by atoms with van der Waals surface area (Å²) in [4.78, 5) is 0. The van der Waals surface area contributed by atoms with Gasteiger partial charge in [0.05, 0.1) is 13.7 Å². The summed E-state index contributed by atoms with van der Waals surface area (Å²) in [5.74, 6) is 0.826. The van der Waals surface area contributed by atoms with Gasteiger partial charge in [0.1, 0.15) is 5.75 Å². The number of fused-ring (bicyclic) bond motifs is 1. The van der Waals surface area contributed by atoms with Crippen molar-refractivity contribution in [2.75, 3.05) is 13.7 Å². The molecular formula is C14H18N2O2. The summed E-state index contributed by atoms with van der Waals surface area (Å²) in [6, 6.07) is 11.0. The Morgan fingerprint density at radius 2 is 1.78 bits per heavy atom. The molecule has 2 aromatic carbocycles. The van der Waals surface area contributed by atoms with Crippen molar-refractivity contribution < 1.29 is 9.84 Å². The fourth-order valence-electron chi connectivity index (χ4n) is 1.94. The zero-order valence-corrected chi connectivity index (χ0v) is 10.3. The van der Waals surface area contributed by atoms with Gasteiger partial charge < -0.3 is 21.3 Å². The van der Waals surface area contributed by atoms with Crippen molar-refractivity contribution in [1.82, 2.24) is 0 Å². The van der Waals surface area contributed by atoms with E-state index >= 15 is 0 Å². The van der Waals surface area contributed by atoms with Crippen LogP contribution in [0.2, 0.25) is 0 Å². The van der Waals surface area contributed by atoms with E-state index in [0.717, 1.165) is 22.1 Å². The molecule has 4 heteroatoms. The maximum absolute atomic E-state index is 9.03. The molecule has 4 nitrogen and oxygen atoms in total. The van der Waals surface area contributed by atoms with Gasteiger partial charge in [0.25, 0.3) is 0 Å². The van der Waals surface area contributed by atoms with E-state index in [9.17, 15) is 0 Å². The molecule has 0 spiro atoms. The Balaban J connectivity index is 2.38. The van der Waals surface area contributed by atoms with Crippen molar-refractivity contribution >= 4 is 10.8 Å². The van der Waals surface area contributed by atoms with Gasteiger partial charge in [-0.15, -0.1) is 0 Å². The third kappa shape index (κ3) is 2.46. The number of aliphatic hydroxyl groups excluding tert-OH is 1. The van der Waals surface area contributed by atoms with Crippen molar-refractivity contribution in [3.63, 3.8) is 0 Å². The third-order valence-corrected chi connectivity index (χ3v) is 3.13. The number of aliphatic hydroxyl groups is 1. The van der Waals surface area contributed by atoms with Crippen LogP contribution >= 0.6 is 0 Å². The van der Waals surface area contributed by atoms with Gasteiger partial charge >= 0.3 is 0 Å². The number of ether oxygens (including phenoxy) is 1. The lowest BCUT2D eigenvalue weighted by molar-refractivity contribution is 0.250. The Bertz CT molecular complexity index is 542. The lowest BCUT2D eigenvalue weighted by Crippen LogP contribution is -2.37. The maximum atomic E-state index is 9.03. The Hall–Kier alpha value is -1.62. The lowest BCUT2D eigenvalue weighted by Gasteiger charge is -2.18. The molecule has 0 aliphatic heterocycles. The second-order valence-electron chi connectivity index (χ2n) is 4.34. The SMILES string of the molecule is COc1ccc2cc(C(N)C(N)CO)ccc2c1. The first-order valence-corrected chi connectivity index (χ1v) is 5.85. The maximum Gasteiger partial charge on any atom is 0.119 e. The van der Waals surface area contributed by atoms with Crippen LogP contribution in [0.3, 0.4) is 0 Å². The van der Waals surface area contributed by atoms with Crippen LogP contribution in [0.4, 0.5) is 0 Å². The van der Waals surface area contributed by atoms with Gasteiger partial charge in [-0.25, -0.2) is 0 Å². The van der Waals surface area contributed by atoms with E-state index in [-0.39, 0.29) is 12.6 Å². The first kappa shape index (κ1) is 12.8. The van der Waals surface area contributed by atoms with Crippen molar-refractivity contribution in [3.8, 4) is 5.75 Å². The van der Waals surface area contributed by atoms with Crippen LogP contribution in [0.5, 0.6) is 5.75 Å². The smallest absolute Gasteiger partial charge is 0.119 e. The minimum absolute atomic E-state index is 0.123. The van der Waals surface area contributed by atoms with E-state index in [4.69, 9.17) is 21.3 Å². The summed E-state index contributed by atoms with van der Waals surface area (Å²) >= 11 is 0. The van der Waals surface area contributed by atoms with Crippen LogP contribution in [0, 0.1) is 0 Å². The summed E-state index contributed by atoms with van der Waals surface area (Å²) in [5, 5.41) is 11.2. The Morgan fingerprint density at radius 1 is 1.11 bits per heavy atom. The van der Waals surface area contributed by atoms with Crippen LogP contribution in [0.25, 0.3) is 10.8 Å². The van der Waals surface area contributed by atoms with E-state index in [2.05, 4.69) is 0 Å². The molecule has 2 unspecified atom stereocenters. The standard InChI is InChI=1S/C14H18N2O2/c1-18-12-5-4-9-6-11(3-2-10(9)7-12)14(16)13(15)8-17/h2-7,13-14,17H,8,15-16H2,1H3. The summed E-state index contributed by atoms with van der Waals surface area (Å²) < 4.78 is 5.18. The molecule has 0 bridgehead atoms. The summed E-state index contributed by atoms with van der Waals surface area (Å²) in [7, 11) is 1.64. The van der Waals surface area contributed by atoms with E-state index in [0.29, 0.717) is 0 Å². The summed E-state index contributed by atoms with van der Waals surface area (Å²) in [6.45, 7) is -0.123. The molecule has 0 fully saturated rings. The van der Waals surface area contributed by atoms with Crippen LogP contribution in [-0.4, -0.2) is 24.9 Å². The average molecular weight is 246 g/mol. The molecule has 0 heterocycles. The number of methoxy groups -OCH3 is 1. The van der Waals surface area contributed by atoms with Crippen molar-refractivity contribution in [2.24, 2.45) is 11.5 Å². The average Bonchev–Trinajstić information content (AvgIpc) is 2.44. The van der Waals surface area contributed by atoms with Crippen LogP contribution in [-0.2, 0) is 0 Å². The normalized spacial score (nSPS) is 14.4. The molecule has 0 aliphatic carbocycles. The highest BCUT2D eigenvalue weighted by atomic mass is 16.5. The molecular weight excluding hydrogens is 228 g/mol. The predicted octanol–water partition coefficient (Wildman–Crippen LogP) is 1.17. The monoisotopic (exact) mass is 246 g/mol. The first-order valence-electron chi connectivity index (χ1n) is 5.85. The molecule has 0 saturated carbocycles. The third-order valence-electron chi connectivity index (χ3n) is 3.13. The lowest BCUT2D eigenvalue weighted by atomic mass is 9.98. The topological polar surface area (TPSA) is 81.5 Å². The van der Waals surface area contributed by atoms with Crippen LogP contribution < -0.4 is 16.2 Å². The molecule has 0 radical (unpaired) electrons. The molecule has 96 valence electrons. The fraction of sp³-hybridized carbons (Fsp3) is 0.286. The van der Waals surface area contributed by atoms with Crippen LogP contribution in [0.1, 0.15) is 11.6 Å². The highest BCUT2D eigenvalue weighted by Crippen LogP contribution is 2.24. The molecule has 18 heavy (non-hydrogen) atoms. The minimum Gasteiger partial charge on any atom is -0.497 e. The van der Waals surface area contributed by atoms with Crippen LogP contribution in [0.15, 0.2) is 36.4 Å². The van der Waals surface area contributed by atoms with Crippen molar-refractivity contribution in [1.29, 1.82) is 0 Å². The van der Waals surface area contributed by atoms with E-state index in [1.165, 1.54) is 0 Å².